The number of rotatable bonds is 4. The first-order chi connectivity index (χ1) is 11.0. The molecule has 3 aromatic rings. The van der Waals surface area contributed by atoms with Gasteiger partial charge in [0, 0.05) is 9.86 Å². The fourth-order valence-electron chi connectivity index (χ4n) is 2.05. The fraction of sp³-hybridized carbons (Fsp3) is 0.0588. The molecule has 2 aromatic carbocycles. The van der Waals surface area contributed by atoms with Gasteiger partial charge in [-0.2, -0.15) is 0 Å². The maximum Gasteiger partial charge on any atom is 0.341 e. The van der Waals surface area contributed by atoms with E-state index in [1.54, 1.807) is 24.3 Å². The molecule has 0 atom stereocenters. The number of Topliss-reactive ketones (excluding diaryl/α,β-unsaturated/α-hetero) is 1. The highest BCUT2D eigenvalue weighted by Crippen LogP contribution is 2.20. The van der Waals surface area contributed by atoms with Crippen molar-refractivity contribution in [1.29, 1.82) is 0 Å². The van der Waals surface area contributed by atoms with Crippen LogP contribution in [0.1, 0.15) is 20.9 Å². The molecule has 116 valence electrons. The Morgan fingerprint density at radius 3 is 2.70 bits per heavy atom. The number of halogens is 2. The van der Waals surface area contributed by atoms with E-state index in [1.807, 2.05) is 6.07 Å². The van der Waals surface area contributed by atoms with Crippen LogP contribution in [0.5, 0.6) is 0 Å². The molecule has 0 aliphatic carbocycles. The Balaban J connectivity index is 1.71. The Hall–Kier alpha value is -2.47. The summed E-state index contributed by atoms with van der Waals surface area (Å²) in [6.45, 7) is -0.523. The van der Waals surface area contributed by atoms with E-state index in [1.165, 1.54) is 12.1 Å². The van der Waals surface area contributed by atoms with Gasteiger partial charge >= 0.3 is 5.97 Å². The van der Waals surface area contributed by atoms with Gasteiger partial charge in [-0.15, -0.1) is 0 Å². The molecule has 0 spiro atoms. The predicted molar refractivity (Wildman–Crippen MR) is 84.9 cm³/mol. The highest BCUT2D eigenvalue weighted by molar-refractivity contribution is 9.10. The number of carbonyl (C=O) groups excluding carboxylic acids is 2. The average molecular weight is 377 g/mol. The molecule has 0 unspecified atom stereocenters. The fourth-order valence-corrected chi connectivity index (χ4v) is 2.41. The van der Waals surface area contributed by atoms with Crippen molar-refractivity contribution in [3.05, 3.63) is 70.1 Å². The van der Waals surface area contributed by atoms with Crippen molar-refractivity contribution in [3.8, 4) is 0 Å². The van der Waals surface area contributed by atoms with Crippen LogP contribution in [0, 0.1) is 5.82 Å². The largest absolute Gasteiger partial charge is 0.453 e. The lowest BCUT2D eigenvalue weighted by Gasteiger charge is -2.04. The van der Waals surface area contributed by atoms with Crippen molar-refractivity contribution in [1.82, 2.24) is 0 Å². The normalized spacial score (nSPS) is 10.7. The molecule has 0 aliphatic heterocycles. The van der Waals surface area contributed by atoms with E-state index in [0.717, 1.165) is 11.5 Å². The minimum atomic E-state index is -0.909. The van der Waals surface area contributed by atoms with Gasteiger partial charge in [0.05, 0.1) is 5.56 Å². The molecule has 0 amide bonds. The molecular weight excluding hydrogens is 367 g/mol. The van der Waals surface area contributed by atoms with E-state index < -0.39 is 24.2 Å². The van der Waals surface area contributed by atoms with Crippen molar-refractivity contribution in [2.45, 2.75) is 0 Å². The summed E-state index contributed by atoms with van der Waals surface area (Å²) in [7, 11) is 0. The molecule has 0 bridgehead atoms. The summed E-state index contributed by atoms with van der Waals surface area (Å²) in [6.07, 6.45) is 0. The van der Waals surface area contributed by atoms with E-state index in [0.29, 0.717) is 10.1 Å². The molecule has 0 saturated carbocycles. The zero-order chi connectivity index (χ0) is 16.4. The molecule has 0 radical (unpaired) electrons. The number of furan rings is 1. The number of ketones is 1. The van der Waals surface area contributed by atoms with Crippen molar-refractivity contribution in [3.63, 3.8) is 0 Å². The van der Waals surface area contributed by atoms with Crippen LogP contribution in [-0.2, 0) is 4.74 Å². The number of carbonyl (C=O) groups is 2. The molecule has 3 rings (SSSR count). The summed E-state index contributed by atoms with van der Waals surface area (Å²) >= 11 is 3.14. The molecule has 1 heterocycles. The van der Waals surface area contributed by atoms with Crippen LogP contribution in [0.15, 0.2) is 57.4 Å². The monoisotopic (exact) mass is 376 g/mol. The van der Waals surface area contributed by atoms with Crippen molar-refractivity contribution in [2.24, 2.45) is 0 Å². The van der Waals surface area contributed by atoms with Crippen molar-refractivity contribution < 1.29 is 23.1 Å². The third-order valence-electron chi connectivity index (χ3n) is 3.18. The maximum absolute atomic E-state index is 13.6. The summed E-state index contributed by atoms with van der Waals surface area (Å²) in [5, 5.41) is 0.778. The lowest BCUT2D eigenvalue weighted by Crippen LogP contribution is -2.14. The number of ether oxygens (including phenoxy) is 1. The van der Waals surface area contributed by atoms with Gasteiger partial charge in [0.2, 0.25) is 5.78 Å². The minimum Gasteiger partial charge on any atom is -0.453 e. The Kier molecular flexibility index (Phi) is 4.25. The first-order valence-corrected chi connectivity index (χ1v) is 7.48. The lowest BCUT2D eigenvalue weighted by atomic mass is 10.2. The topological polar surface area (TPSA) is 56.5 Å². The number of esters is 1. The number of hydrogen-bond acceptors (Lipinski definition) is 4. The molecule has 0 saturated heterocycles. The zero-order valence-corrected chi connectivity index (χ0v) is 13.3. The first kappa shape index (κ1) is 15.4. The van der Waals surface area contributed by atoms with Gasteiger partial charge in [-0.25, -0.2) is 9.18 Å². The summed E-state index contributed by atoms with van der Waals surface area (Å²) in [4.78, 5) is 23.9. The standard InChI is InChI=1S/C17H10BrFO4/c18-11-5-6-13(19)12(8-11)17(21)22-9-14(20)16-7-10-3-1-2-4-15(10)23-16/h1-8H,9H2. The summed E-state index contributed by atoms with van der Waals surface area (Å²) < 4.78 is 24.4. The van der Waals surface area contributed by atoms with Gasteiger partial charge in [0.25, 0.3) is 0 Å². The van der Waals surface area contributed by atoms with Crippen LogP contribution in [-0.4, -0.2) is 18.4 Å². The van der Waals surface area contributed by atoms with Crippen LogP contribution in [0.3, 0.4) is 0 Å². The van der Waals surface area contributed by atoms with Crippen LogP contribution >= 0.6 is 15.9 Å². The molecule has 1 aromatic heterocycles. The quantitative estimate of drug-likeness (QED) is 0.500. The van der Waals surface area contributed by atoms with Crippen LogP contribution < -0.4 is 0 Å². The minimum absolute atomic E-state index is 0.0914. The van der Waals surface area contributed by atoms with E-state index in [2.05, 4.69) is 15.9 Å². The number of para-hydroxylation sites is 1. The first-order valence-electron chi connectivity index (χ1n) is 6.68. The third-order valence-corrected chi connectivity index (χ3v) is 3.68. The summed E-state index contributed by atoms with van der Waals surface area (Å²) in [5.74, 6) is -2.03. The molecule has 0 fully saturated rings. The third kappa shape index (κ3) is 3.32. The van der Waals surface area contributed by atoms with E-state index in [-0.39, 0.29) is 11.3 Å². The van der Waals surface area contributed by atoms with Gasteiger partial charge in [-0.05, 0) is 30.3 Å². The van der Waals surface area contributed by atoms with Crippen molar-refractivity contribution >= 4 is 38.7 Å². The van der Waals surface area contributed by atoms with Gasteiger partial charge in [-0.3, -0.25) is 4.79 Å². The Morgan fingerprint density at radius 1 is 1.13 bits per heavy atom. The summed E-state index contributed by atoms with van der Waals surface area (Å²) in [5.41, 5.74) is 0.331. The Bertz CT molecular complexity index is 867. The molecular formula is C17H10BrFO4. The second-order valence-corrected chi connectivity index (χ2v) is 5.69. The number of benzene rings is 2. The molecule has 23 heavy (non-hydrogen) atoms. The van der Waals surface area contributed by atoms with Gasteiger partial charge < -0.3 is 9.15 Å². The molecule has 0 N–H and O–H groups in total. The van der Waals surface area contributed by atoms with Crippen LogP contribution in [0.25, 0.3) is 11.0 Å². The number of hydrogen-bond donors (Lipinski definition) is 0. The second kappa shape index (κ2) is 6.34. The van der Waals surface area contributed by atoms with E-state index in [9.17, 15) is 14.0 Å². The number of fused-ring (bicyclic) bond motifs is 1. The highest BCUT2D eigenvalue weighted by atomic mass is 79.9. The highest BCUT2D eigenvalue weighted by Gasteiger charge is 2.18. The van der Waals surface area contributed by atoms with Gasteiger partial charge in [0.1, 0.15) is 11.4 Å². The van der Waals surface area contributed by atoms with E-state index in [4.69, 9.17) is 9.15 Å². The van der Waals surface area contributed by atoms with Crippen LogP contribution in [0.2, 0.25) is 0 Å². The lowest BCUT2D eigenvalue weighted by molar-refractivity contribution is 0.0463. The zero-order valence-electron chi connectivity index (χ0n) is 11.7. The van der Waals surface area contributed by atoms with E-state index >= 15 is 0 Å². The Morgan fingerprint density at radius 2 is 1.91 bits per heavy atom. The second-order valence-electron chi connectivity index (χ2n) is 4.77. The molecule has 4 nitrogen and oxygen atoms in total. The Labute approximate surface area is 139 Å². The average Bonchev–Trinajstić information content (AvgIpc) is 2.98. The van der Waals surface area contributed by atoms with Gasteiger partial charge in [-0.1, -0.05) is 34.1 Å². The molecule has 6 heteroatoms. The predicted octanol–water partition coefficient (Wildman–Crippen LogP) is 4.37. The van der Waals surface area contributed by atoms with Crippen molar-refractivity contribution in [2.75, 3.05) is 6.61 Å². The van der Waals surface area contributed by atoms with Crippen LogP contribution in [0.4, 0.5) is 4.39 Å². The maximum atomic E-state index is 13.6. The molecule has 0 aliphatic rings. The smallest absolute Gasteiger partial charge is 0.341 e. The van der Waals surface area contributed by atoms with Gasteiger partial charge in [0.15, 0.2) is 12.4 Å². The summed E-state index contributed by atoms with van der Waals surface area (Å²) in [6, 6.07) is 12.6. The SMILES string of the molecule is O=C(COC(=O)c1cc(Br)ccc1F)c1cc2ccccc2o1.